The molecule has 3 aliphatic rings. The summed E-state index contributed by atoms with van der Waals surface area (Å²) >= 11 is 0. The highest BCUT2D eigenvalue weighted by Crippen LogP contribution is 2.53. The van der Waals surface area contributed by atoms with Crippen LogP contribution in [0.2, 0.25) is 0 Å². The summed E-state index contributed by atoms with van der Waals surface area (Å²) in [4.78, 5) is 0. The monoisotopic (exact) mass is 227 g/mol. The maximum atomic E-state index is 3.79. The predicted molar refractivity (Wildman–Crippen MR) is 70.2 cm³/mol. The standard InChI is InChI=1S/C16H21N/c1-2-6-13-12(5-1)11-15-14-7-3-4-8-16(13,14)9-10-17-15/h1-2,5-6,14-15,17H,3-4,7-11H2/t14-,15-,16-/m1/s1. The molecule has 0 aromatic heterocycles. The highest BCUT2D eigenvalue weighted by atomic mass is 15.0. The minimum Gasteiger partial charge on any atom is -0.313 e. The van der Waals surface area contributed by atoms with Crippen LogP contribution >= 0.6 is 0 Å². The Kier molecular flexibility index (Phi) is 2.14. The van der Waals surface area contributed by atoms with Gasteiger partial charge in [-0.2, -0.15) is 0 Å². The van der Waals surface area contributed by atoms with Gasteiger partial charge in [-0.25, -0.2) is 0 Å². The molecule has 3 atom stereocenters. The fraction of sp³-hybridized carbons (Fsp3) is 0.625. The van der Waals surface area contributed by atoms with Gasteiger partial charge in [0, 0.05) is 11.5 Å². The first-order chi connectivity index (χ1) is 8.40. The third kappa shape index (κ3) is 1.29. The molecule has 4 rings (SSSR count). The van der Waals surface area contributed by atoms with Gasteiger partial charge in [0.2, 0.25) is 0 Å². The first kappa shape index (κ1) is 10.1. The van der Waals surface area contributed by atoms with E-state index in [1.165, 1.54) is 45.1 Å². The summed E-state index contributed by atoms with van der Waals surface area (Å²) < 4.78 is 0. The molecule has 2 fully saturated rings. The van der Waals surface area contributed by atoms with Gasteiger partial charge in [0.1, 0.15) is 0 Å². The number of hydrogen-bond donors (Lipinski definition) is 1. The van der Waals surface area contributed by atoms with Gasteiger partial charge in [-0.05, 0) is 49.3 Å². The molecule has 0 amide bonds. The van der Waals surface area contributed by atoms with Crippen LogP contribution in [0.15, 0.2) is 24.3 Å². The van der Waals surface area contributed by atoms with E-state index in [9.17, 15) is 0 Å². The van der Waals surface area contributed by atoms with Crippen LogP contribution in [0.1, 0.15) is 43.2 Å². The second-order valence-electron chi connectivity index (χ2n) is 6.18. The number of piperidine rings is 1. The molecule has 0 spiro atoms. The van der Waals surface area contributed by atoms with Crippen molar-refractivity contribution in [1.29, 1.82) is 0 Å². The largest absolute Gasteiger partial charge is 0.313 e. The molecule has 2 bridgehead atoms. The maximum absolute atomic E-state index is 3.79. The van der Waals surface area contributed by atoms with E-state index in [1.807, 2.05) is 0 Å². The van der Waals surface area contributed by atoms with Crippen LogP contribution in [-0.4, -0.2) is 12.6 Å². The van der Waals surface area contributed by atoms with Crippen molar-refractivity contribution in [2.45, 2.75) is 50.0 Å². The van der Waals surface area contributed by atoms with E-state index in [1.54, 1.807) is 11.1 Å². The van der Waals surface area contributed by atoms with E-state index < -0.39 is 0 Å². The van der Waals surface area contributed by atoms with Crippen molar-refractivity contribution in [1.82, 2.24) is 5.32 Å². The summed E-state index contributed by atoms with van der Waals surface area (Å²) in [5, 5.41) is 3.79. The molecule has 17 heavy (non-hydrogen) atoms. The van der Waals surface area contributed by atoms with Gasteiger partial charge in [-0.3, -0.25) is 0 Å². The number of rotatable bonds is 0. The average molecular weight is 227 g/mol. The summed E-state index contributed by atoms with van der Waals surface area (Å²) in [5.74, 6) is 0.917. The molecule has 0 unspecified atom stereocenters. The van der Waals surface area contributed by atoms with E-state index in [4.69, 9.17) is 0 Å². The average Bonchev–Trinajstić information content (AvgIpc) is 2.39. The first-order valence-electron chi connectivity index (χ1n) is 7.22. The number of benzene rings is 1. The lowest BCUT2D eigenvalue weighted by Gasteiger charge is -2.56. The van der Waals surface area contributed by atoms with Gasteiger partial charge >= 0.3 is 0 Å². The molecular formula is C16H21N. The quantitative estimate of drug-likeness (QED) is 0.718. The normalized spacial score (nSPS) is 39.3. The second kappa shape index (κ2) is 3.58. The number of fused-ring (bicyclic) bond motifs is 1. The highest BCUT2D eigenvalue weighted by Gasteiger charge is 2.51. The van der Waals surface area contributed by atoms with E-state index in [2.05, 4.69) is 29.6 Å². The predicted octanol–water partition coefficient (Wildman–Crippen LogP) is 3.03. The van der Waals surface area contributed by atoms with Crippen molar-refractivity contribution in [2.24, 2.45) is 5.92 Å². The van der Waals surface area contributed by atoms with E-state index >= 15 is 0 Å². The van der Waals surface area contributed by atoms with Crippen LogP contribution in [0, 0.1) is 5.92 Å². The van der Waals surface area contributed by atoms with Crippen LogP contribution in [-0.2, 0) is 11.8 Å². The topological polar surface area (TPSA) is 12.0 Å². The third-order valence-electron chi connectivity index (χ3n) is 5.55. The first-order valence-corrected chi connectivity index (χ1v) is 7.22. The Morgan fingerprint density at radius 3 is 3.06 bits per heavy atom. The van der Waals surface area contributed by atoms with Crippen molar-refractivity contribution in [3.63, 3.8) is 0 Å². The lowest BCUT2D eigenvalue weighted by Crippen LogP contribution is -2.59. The SMILES string of the molecule is c1ccc2c(c1)C[C@H]1NCC[C@]23CCCC[C@H]13. The molecule has 1 heteroatoms. The van der Waals surface area contributed by atoms with Crippen molar-refractivity contribution in [2.75, 3.05) is 6.54 Å². The lowest BCUT2D eigenvalue weighted by molar-refractivity contribution is 0.0798. The number of hydrogen-bond acceptors (Lipinski definition) is 1. The minimum absolute atomic E-state index is 0.545. The molecular weight excluding hydrogens is 206 g/mol. The highest BCUT2D eigenvalue weighted by molar-refractivity contribution is 5.41. The van der Waals surface area contributed by atoms with E-state index in [0.717, 1.165) is 12.0 Å². The van der Waals surface area contributed by atoms with Crippen molar-refractivity contribution >= 4 is 0 Å². The molecule has 0 radical (unpaired) electrons. The third-order valence-corrected chi connectivity index (χ3v) is 5.55. The van der Waals surface area contributed by atoms with Crippen LogP contribution in [0.3, 0.4) is 0 Å². The molecule has 1 saturated heterocycles. The van der Waals surface area contributed by atoms with Crippen LogP contribution in [0.4, 0.5) is 0 Å². The van der Waals surface area contributed by atoms with Crippen LogP contribution in [0.25, 0.3) is 0 Å². The zero-order valence-corrected chi connectivity index (χ0v) is 10.4. The van der Waals surface area contributed by atoms with Gasteiger partial charge in [-0.1, -0.05) is 37.1 Å². The zero-order valence-electron chi connectivity index (χ0n) is 10.4. The van der Waals surface area contributed by atoms with Gasteiger partial charge in [0.15, 0.2) is 0 Å². The Morgan fingerprint density at radius 1 is 1.12 bits per heavy atom. The molecule has 90 valence electrons. The maximum Gasteiger partial charge on any atom is 0.0144 e. The van der Waals surface area contributed by atoms with Crippen LogP contribution < -0.4 is 5.32 Å². The van der Waals surface area contributed by atoms with Crippen molar-refractivity contribution < 1.29 is 0 Å². The van der Waals surface area contributed by atoms with Gasteiger partial charge < -0.3 is 5.32 Å². The summed E-state index contributed by atoms with van der Waals surface area (Å²) in [6.45, 7) is 1.23. The Hall–Kier alpha value is -0.820. The van der Waals surface area contributed by atoms with Crippen molar-refractivity contribution in [3.05, 3.63) is 35.4 Å². The number of nitrogens with one attached hydrogen (secondary N) is 1. The Labute approximate surface area is 104 Å². The Bertz CT molecular complexity index is 435. The minimum atomic E-state index is 0.545. The fourth-order valence-electron chi connectivity index (χ4n) is 4.89. The smallest absolute Gasteiger partial charge is 0.0144 e. The van der Waals surface area contributed by atoms with Crippen LogP contribution in [0.5, 0.6) is 0 Å². The lowest BCUT2D eigenvalue weighted by atomic mass is 9.53. The molecule has 1 nitrogen and oxygen atoms in total. The zero-order chi connectivity index (χ0) is 11.3. The molecule has 2 aliphatic carbocycles. The summed E-state index contributed by atoms with van der Waals surface area (Å²) in [6, 6.07) is 10.0. The van der Waals surface area contributed by atoms with Gasteiger partial charge in [-0.15, -0.1) is 0 Å². The van der Waals surface area contributed by atoms with Gasteiger partial charge in [0.25, 0.3) is 0 Å². The molecule has 1 aliphatic heterocycles. The molecule has 1 N–H and O–H groups in total. The second-order valence-corrected chi connectivity index (χ2v) is 6.18. The Morgan fingerprint density at radius 2 is 2.06 bits per heavy atom. The molecule has 1 aromatic carbocycles. The van der Waals surface area contributed by atoms with Gasteiger partial charge in [0.05, 0.1) is 0 Å². The molecule has 1 heterocycles. The summed E-state index contributed by atoms with van der Waals surface area (Å²) in [5.41, 5.74) is 3.88. The van der Waals surface area contributed by atoms with E-state index in [-0.39, 0.29) is 0 Å². The summed E-state index contributed by atoms with van der Waals surface area (Å²) in [7, 11) is 0. The van der Waals surface area contributed by atoms with E-state index in [0.29, 0.717) is 5.41 Å². The molecule has 1 saturated carbocycles. The van der Waals surface area contributed by atoms with Crippen molar-refractivity contribution in [3.8, 4) is 0 Å². The fourth-order valence-corrected chi connectivity index (χ4v) is 4.89. The molecule has 1 aromatic rings. The summed E-state index contributed by atoms with van der Waals surface area (Å²) in [6.07, 6.45) is 8.41. The Balaban J connectivity index is 1.90.